The van der Waals surface area contributed by atoms with E-state index in [0.717, 1.165) is 24.3 Å². The molecule has 0 unspecified atom stereocenters. The molecule has 1 saturated heterocycles. The Kier molecular flexibility index (Phi) is 6.20. The number of carbonyl (C=O) groups is 1. The first kappa shape index (κ1) is 21.5. The summed E-state index contributed by atoms with van der Waals surface area (Å²) >= 11 is 0. The molecule has 32 heavy (non-hydrogen) atoms. The second-order valence-electron chi connectivity index (χ2n) is 8.11. The lowest BCUT2D eigenvalue weighted by Crippen LogP contribution is -2.48. The Morgan fingerprint density at radius 1 is 1.09 bits per heavy atom. The van der Waals surface area contributed by atoms with Gasteiger partial charge in [0.05, 0.1) is 25.0 Å². The smallest absolute Gasteiger partial charge is 0.266 e. The van der Waals surface area contributed by atoms with E-state index in [1.165, 1.54) is 0 Å². The Morgan fingerprint density at radius 2 is 1.88 bits per heavy atom. The zero-order valence-corrected chi connectivity index (χ0v) is 18.5. The van der Waals surface area contributed by atoms with Crippen LogP contribution in [0, 0.1) is 0 Å². The fourth-order valence-electron chi connectivity index (χ4n) is 3.85. The third-order valence-corrected chi connectivity index (χ3v) is 5.39. The van der Waals surface area contributed by atoms with Gasteiger partial charge in [0.25, 0.3) is 5.91 Å². The molecule has 4 rings (SSSR count). The molecular weight excluding hydrogens is 406 g/mol. The van der Waals surface area contributed by atoms with E-state index in [9.17, 15) is 4.79 Å². The normalized spacial score (nSPS) is 16.0. The maximum Gasteiger partial charge on any atom is 0.266 e. The van der Waals surface area contributed by atoms with E-state index >= 15 is 0 Å². The van der Waals surface area contributed by atoms with E-state index in [-0.39, 0.29) is 11.9 Å². The molecule has 0 radical (unpaired) electrons. The lowest BCUT2D eigenvalue weighted by molar-refractivity contribution is -0.146. The van der Waals surface area contributed by atoms with Crippen molar-refractivity contribution in [2.75, 3.05) is 19.0 Å². The molecule has 1 aliphatic rings. The van der Waals surface area contributed by atoms with Crippen LogP contribution >= 0.6 is 0 Å². The van der Waals surface area contributed by atoms with Crippen molar-refractivity contribution < 1.29 is 14.3 Å². The summed E-state index contributed by atoms with van der Waals surface area (Å²) in [5.41, 5.74) is -0.183. The van der Waals surface area contributed by atoms with Gasteiger partial charge in [-0.1, -0.05) is 6.07 Å². The number of rotatable bonds is 7. The minimum absolute atomic E-state index is 0.0649. The van der Waals surface area contributed by atoms with Crippen LogP contribution in [0.3, 0.4) is 0 Å². The predicted molar refractivity (Wildman–Crippen MR) is 121 cm³/mol. The molecule has 0 bridgehead atoms. The summed E-state index contributed by atoms with van der Waals surface area (Å²) in [6.07, 6.45) is 6.64. The number of amides is 1. The summed E-state index contributed by atoms with van der Waals surface area (Å²) < 4.78 is 11.3. The molecule has 3 aromatic rings. The number of carbonyl (C=O) groups excluding carboxylic acids is 1. The lowest BCUT2D eigenvalue weighted by Gasteiger charge is -2.33. The lowest BCUT2D eigenvalue weighted by atomic mass is 10.1. The van der Waals surface area contributed by atoms with Crippen LogP contribution in [0.2, 0.25) is 0 Å². The van der Waals surface area contributed by atoms with Crippen LogP contribution < -0.4 is 14.8 Å². The third kappa shape index (κ3) is 4.80. The zero-order valence-electron chi connectivity index (χ0n) is 18.5. The van der Waals surface area contributed by atoms with Gasteiger partial charge >= 0.3 is 0 Å². The summed E-state index contributed by atoms with van der Waals surface area (Å²) in [6.45, 7) is 4.27. The first-order valence-corrected chi connectivity index (χ1v) is 10.6. The van der Waals surface area contributed by atoms with Gasteiger partial charge < -0.3 is 19.7 Å². The SMILES string of the molecule is COc1ccc(OC(C)(C)C(=O)N2CCC[C@H]2c2cccc(Nc3cnccn3)n2)cc1. The van der Waals surface area contributed by atoms with Crippen molar-refractivity contribution in [3.05, 3.63) is 66.7 Å². The van der Waals surface area contributed by atoms with Crippen molar-refractivity contribution in [2.45, 2.75) is 38.3 Å². The Balaban J connectivity index is 1.49. The van der Waals surface area contributed by atoms with E-state index in [1.807, 2.05) is 35.2 Å². The fourth-order valence-corrected chi connectivity index (χ4v) is 3.85. The number of nitrogens with one attached hydrogen (secondary N) is 1. The highest BCUT2D eigenvalue weighted by Gasteiger charge is 2.40. The molecule has 0 saturated carbocycles. The molecule has 1 amide bonds. The average Bonchev–Trinajstić information content (AvgIpc) is 3.29. The Labute approximate surface area is 187 Å². The van der Waals surface area contributed by atoms with E-state index in [4.69, 9.17) is 14.5 Å². The number of nitrogens with zero attached hydrogens (tertiary/aromatic N) is 4. The van der Waals surface area contributed by atoms with Gasteiger partial charge in [-0.2, -0.15) is 0 Å². The number of pyridine rings is 1. The number of hydrogen-bond acceptors (Lipinski definition) is 7. The topological polar surface area (TPSA) is 89.5 Å². The van der Waals surface area contributed by atoms with Crippen molar-refractivity contribution in [3.63, 3.8) is 0 Å². The summed E-state index contributed by atoms with van der Waals surface area (Å²) in [4.78, 5) is 28.4. The number of likely N-dealkylation sites (tertiary alicyclic amines) is 1. The predicted octanol–water partition coefficient (Wildman–Crippen LogP) is 4.14. The average molecular weight is 434 g/mol. The molecule has 1 aromatic carbocycles. The molecule has 8 heteroatoms. The first-order valence-electron chi connectivity index (χ1n) is 10.6. The Hall–Kier alpha value is -3.68. The molecule has 3 heterocycles. The third-order valence-electron chi connectivity index (χ3n) is 5.39. The Morgan fingerprint density at radius 3 is 2.59 bits per heavy atom. The van der Waals surface area contributed by atoms with Gasteiger partial charge in [-0.05, 0) is 63.1 Å². The van der Waals surface area contributed by atoms with Gasteiger partial charge in [-0.15, -0.1) is 0 Å². The highest BCUT2D eigenvalue weighted by Crippen LogP contribution is 2.34. The fraction of sp³-hybridized carbons (Fsp3) is 0.333. The van der Waals surface area contributed by atoms with E-state index in [2.05, 4.69) is 15.3 Å². The van der Waals surface area contributed by atoms with Gasteiger partial charge in [0.2, 0.25) is 0 Å². The van der Waals surface area contributed by atoms with Gasteiger partial charge in [-0.3, -0.25) is 9.78 Å². The molecule has 8 nitrogen and oxygen atoms in total. The maximum atomic E-state index is 13.5. The molecule has 1 fully saturated rings. The second kappa shape index (κ2) is 9.21. The first-order chi connectivity index (χ1) is 15.5. The highest BCUT2D eigenvalue weighted by molar-refractivity contribution is 5.85. The zero-order chi connectivity index (χ0) is 22.6. The van der Waals surface area contributed by atoms with Crippen LogP contribution in [0.4, 0.5) is 11.6 Å². The van der Waals surface area contributed by atoms with Gasteiger partial charge in [0, 0.05) is 18.9 Å². The number of hydrogen-bond donors (Lipinski definition) is 1. The van der Waals surface area contributed by atoms with Crippen molar-refractivity contribution >= 4 is 17.5 Å². The van der Waals surface area contributed by atoms with E-state index in [0.29, 0.717) is 23.9 Å². The van der Waals surface area contributed by atoms with E-state index < -0.39 is 5.60 Å². The molecule has 1 N–H and O–H groups in total. The number of benzene rings is 1. The van der Waals surface area contributed by atoms with Crippen LogP contribution in [0.5, 0.6) is 11.5 Å². The Bertz CT molecular complexity index is 1060. The van der Waals surface area contributed by atoms with Crippen molar-refractivity contribution in [2.24, 2.45) is 0 Å². The number of aromatic nitrogens is 3. The number of ether oxygens (including phenoxy) is 2. The number of anilines is 2. The summed E-state index contributed by atoms with van der Waals surface area (Å²) in [6, 6.07) is 12.9. The minimum atomic E-state index is -1.02. The largest absolute Gasteiger partial charge is 0.497 e. The molecule has 1 atom stereocenters. The van der Waals surface area contributed by atoms with Crippen molar-refractivity contribution in [1.82, 2.24) is 19.9 Å². The highest BCUT2D eigenvalue weighted by atomic mass is 16.5. The van der Waals surface area contributed by atoms with Gasteiger partial charge in [0.1, 0.15) is 23.1 Å². The second-order valence-corrected chi connectivity index (χ2v) is 8.11. The van der Waals surface area contributed by atoms with Gasteiger partial charge in [-0.25, -0.2) is 9.97 Å². The minimum Gasteiger partial charge on any atom is -0.497 e. The number of methoxy groups -OCH3 is 1. The molecule has 2 aromatic heterocycles. The summed E-state index contributed by atoms with van der Waals surface area (Å²) in [5, 5.41) is 3.16. The molecule has 0 aliphatic carbocycles. The van der Waals surface area contributed by atoms with Gasteiger partial charge in [0.15, 0.2) is 5.60 Å². The summed E-state index contributed by atoms with van der Waals surface area (Å²) in [7, 11) is 1.61. The molecular formula is C24H27N5O3. The molecule has 166 valence electrons. The van der Waals surface area contributed by atoms with Crippen LogP contribution in [0.15, 0.2) is 61.1 Å². The van der Waals surface area contributed by atoms with Crippen molar-refractivity contribution in [3.8, 4) is 11.5 Å². The summed E-state index contributed by atoms with van der Waals surface area (Å²) in [5.74, 6) is 2.57. The monoisotopic (exact) mass is 433 g/mol. The van der Waals surface area contributed by atoms with Crippen molar-refractivity contribution in [1.29, 1.82) is 0 Å². The molecule has 1 aliphatic heterocycles. The quantitative estimate of drug-likeness (QED) is 0.599. The standard InChI is InChI=1S/C24H27N5O3/c1-24(2,32-18-11-9-17(31-3)10-12-18)23(30)29-15-5-7-20(29)19-6-4-8-21(27-19)28-22-16-25-13-14-26-22/h4,6,8-14,16,20H,5,7,15H2,1-3H3,(H,26,27,28)/t20-/m0/s1. The van der Waals surface area contributed by atoms with Crippen LogP contribution in [-0.4, -0.2) is 45.0 Å². The van der Waals surface area contributed by atoms with Crippen LogP contribution in [0.1, 0.15) is 38.4 Å². The van der Waals surface area contributed by atoms with Crippen LogP contribution in [-0.2, 0) is 4.79 Å². The maximum absolute atomic E-state index is 13.5. The van der Waals surface area contributed by atoms with E-state index in [1.54, 1.807) is 51.7 Å². The molecule has 0 spiro atoms. The van der Waals surface area contributed by atoms with Crippen LogP contribution in [0.25, 0.3) is 0 Å².